The maximum Gasteiger partial charge on any atom is 0.0658 e. The van der Waals surface area contributed by atoms with Gasteiger partial charge in [-0.05, 0) is 72.8 Å². The molecule has 8 bridgehead atoms. The largest absolute Gasteiger partial charge is 0.355 e. The Kier molecular flexibility index (Phi) is 4.05. The molecule has 0 spiro atoms. The molecule has 2 aliphatic rings. The topological polar surface area (TPSA) is 57.4 Å². The molecule has 5 heteroatoms. The van der Waals surface area contributed by atoms with Crippen LogP contribution in [-0.4, -0.2) is 43.8 Å². The number of rotatable bonds is 0. The quantitative estimate of drug-likeness (QED) is 0.362. The van der Waals surface area contributed by atoms with Gasteiger partial charge in [0, 0.05) is 46.0 Å². The number of nitrogens with zero attached hydrogens (tertiary/aromatic N) is 2. The first-order valence-electron chi connectivity index (χ1n) is 7.85. The van der Waals surface area contributed by atoms with Crippen molar-refractivity contribution in [1.82, 2.24) is 19.9 Å². The number of nitrogens with one attached hydrogen (secondary N) is 2. The Morgan fingerprint density at radius 3 is 1.04 bits per heavy atom. The number of fused-ring (bicyclic) bond motifs is 8. The molecule has 2 N–H and O–H groups in total. The summed E-state index contributed by atoms with van der Waals surface area (Å²) in [6.45, 7) is 0. The number of aromatic nitrogens is 4. The van der Waals surface area contributed by atoms with E-state index in [1.54, 1.807) is 0 Å². The van der Waals surface area contributed by atoms with E-state index in [0.717, 1.165) is 44.8 Å². The van der Waals surface area contributed by atoms with E-state index >= 15 is 0 Å². The van der Waals surface area contributed by atoms with E-state index in [1.165, 1.54) is 0 Å². The van der Waals surface area contributed by atoms with Crippen molar-refractivity contribution in [2.75, 3.05) is 0 Å². The Hall–Kier alpha value is -2.60. The van der Waals surface area contributed by atoms with Gasteiger partial charge in [0.05, 0.1) is 22.8 Å². The minimum absolute atomic E-state index is 0. The van der Waals surface area contributed by atoms with Crippen molar-refractivity contribution in [3.8, 4) is 0 Å². The molecular formula is C20H14N4Sn. The molecule has 3 aromatic heterocycles. The van der Waals surface area contributed by atoms with E-state index in [1.807, 2.05) is 48.6 Å². The van der Waals surface area contributed by atoms with Gasteiger partial charge in [-0.2, -0.15) is 0 Å². The second-order valence-electron chi connectivity index (χ2n) is 5.91. The van der Waals surface area contributed by atoms with Crippen LogP contribution in [0.5, 0.6) is 0 Å². The van der Waals surface area contributed by atoms with Crippen LogP contribution in [0.15, 0.2) is 48.5 Å². The van der Waals surface area contributed by atoms with Gasteiger partial charge >= 0.3 is 0 Å². The molecule has 0 saturated carbocycles. The third-order valence-corrected chi connectivity index (χ3v) is 4.04. The molecule has 0 aliphatic carbocycles. The van der Waals surface area contributed by atoms with Crippen molar-refractivity contribution < 1.29 is 0 Å². The fourth-order valence-electron chi connectivity index (χ4n) is 2.94. The normalized spacial score (nSPS) is 12.2. The molecule has 5 heterocycles. The average molecular weight is 429 g/mol. The van der Waals surface area contributed by atoms with Gasteiger partial charge in [0.25, 0.3) is 0 Å². The summed E-state index contributed by atoms with van der Waals surface area (Å²) in [5, 5.41) is 0. The molecule has 2 aliphatic heterocycles. The molecule has 25 heavy (non-hydrogen) atoms. The van der Waals surface area contributed by atoms with Crippen LogP contribution in [-0.2, 0) is 0 Å². The minimum atomic E-state index is 0. The van der Waals surface area contributed by atoms with Gasteiger partial charge < -0.3 is 9.97 Å². The van der Waals surface area contributed by atoms with Gasteiger partial charge in [-0.15, -0.1) is 0 Å². The van der Waals surface area contributed by atoms with Crippen LogP contribution < -0.4 is 0 Å². The Labute approximate surface area is 161 Å². The smallest absolute Gasteiger partial charge is 0.0658 e. The van der Waals surface area contributed by atoms with Crippen LogP contribution in [0, 0.1) is 0 Å². The minimum Gasteiger partial charge on any atom is -0.355 e. The zero-order chi connectivity index (χ0) is 15.9. The molecule has 0 unspecified atom stereocenters. The Balaban J connectivity index is 0.00000157. The third-order valence-electron chi connectivity index (χ3n) is 4.04. The molecule has 5 rings (SSSR count). The Morgan fingerprint density at radius 2 is 0.760 bits per heavy atom. The molecule has 0 saturated heterocycles. The van der Waals surface area contributed by atoms with Crippen LogP contribution in [0.4, 0.5) is 0 Å². The average Bonchev–Trinajstić information content (AvgIpc) is 3.32. The summed E-state index contributed by atoms with van der Waals surface area (Å²) < 4.78 is 0. The maximum absolute atomic E-state index is 4.63. The first kappa shape index (κ1) is 15.9. The molecule has 4 radical (unpaired) electrons. The predicted molar refractivity (Wildman–Crippen MR) is 105 cm³/mol. The van der Waals surface area contributed by atoms with E-state index in [0.29, 0.717) is 0 Å². The van der Waals surface area contributed by atoms with Gasteiger partial charge in [-0.25, -0.2) is 9.97 Å². The predicted octanol–water partition coefficient (Wildman–Crippen LogP) is 4.27. The van der Waals surface area contributed by atoms with E-state index in [9.17, 15) is 0 Å². The Bertz CT molecular complexity index is 990. The fourth-order valence-corrected chi connectivity index (χ4v) is 2.94. The van der Waals surface area contributed by atoms with Crippen molar-refractivity contribution in [2.45, 2.75) is 0 Å². The van der Waals surface area contributed by atoms with Gasteiger partial charge in [0.2, 0.25) is 0 Å². The third kappa shape index (κ3) is 3.30. The first-order valence-corrected chi connectivity index (χ1v) is 7.85. The molecule has 0 atom stereocenters. The Morgan fingerprint density at radius 1 is 0.480 bits per heavy atom. The molecule has 0 fully saturated rings. The molecule has 0 amide bonds. The zero-order valence-electron chi connectivity index (χ0n) is 13.3. The van der Waals surface area contributed by atoms with Crippen LogP contribution in [0.2, 0.25) is 0 Å². The van der Waals surface area contributed by atoms with Crippen molar-refractivity contribution in [3.63, 3.8) is 0 Å². The van der Waals surface area contributed by atoms with Crippen LogP contribution >= 0.6 is 0 Å². The summed E-state index contributed by atoms with van der Waals surface area (Å²) >= 11 is 0. The molecular weight excluding hydrogens is 415 g/mol. The van der Waals surface area contributed by atoms with Crippen LogP contribution in [0.25, 0.3) is 46.4 Å². The summed E-state index contributed by atoms with van der Waals surface area (Å²) in [7, 11) is 0. The van der Waals surface area contributed by atoms with Crippen molar-refractivity contribution in [2.24, 2.45) is 0 Å². The monoisotopic (exact) mass is 430 g/mol. The van der Waals surface area contributed by atoms with E-state index in [2.05, 4.69) is 44.2 Å². The van der Waals surface area contributed by atoms with Crippen LogP contribution in [0.1, 0.15) is 22.8 Å². The van der Waals surface area contributed by atoms with E-state index in [4.69, 9.17) is 0 Å². The molecule has 3 aromatic rings. The number of hydrogen-bond acceptors (Lipinski definition) is 2. The zero-order valence-corrected chi connectivity index (χ0v) is 16.2. The summed E-state index contributed by atoms with van der Waals surface area (Å²) in [6.07, 6.45) is 8.09. The molecule has 0 aromatic carbocycles. The first-order chi connectivity index (χ1) is 11.8. The second kappa shape index (κ2) is 6.37. The van der Waals surface area contributed by atoms with Crippen molar-refractivity contribution in [1.29, 1.82) is 0 Å². The molecule has 4 nitrogen and oxygen atoms in total. The molecule has 118 valence electrons. The van der Waals surface area contributed by atoms with Gasteiger partial charge in [0.15, 0.2) is 0 Å². The summed E-state index contributed by atoms with van der Waals surface area (Å²) in [4.78, 5) is 16.0. The SMILES string of the molecule is C1=Cc2cc3ccc(cc4nc(cc5ccc(cc1n2)[nH]5)C=C4)[nH]3.[Sn]. The van der Waals surface area contributed by atoms with Crippen molar-refractivity contribution in [3.05, 3.63) is 71.3 Å². The number of H-pyrrole nitrogens is 2. The fraction of sp³-hybridized carbons (Fsp3) is 0. The summed E-state index contributed by atoms with van der Waals surface area (Å²) in [5.74, 6) is 0. The van der Waals surface area contributed by atoms with Gasteiger partial charge in [-0.3, -0.25) is 0 Å². The number of hydrogen-bond donors (Lipinski definition) is 2. The summed E-state index contributed by atoms with van der Waals surface area (Å²) in [6, 6.07) is 16.4. The second-order valence-corrected chi connectivity index (χ2v) is 5.91. The summed E-state index contributed by atoms with van der Waals surface area (Å²) in [5.41, 5.74) is 7.86. The van der Waals surface area contributed by atoms with Gasteiger partial charge in [0.1, 0.15) is 0 Å². The standard InChI is InChI=1S/C20H14N4.Sn/c1-2-14-10-16-5-6-18(23-16)12-20-8-7-19(24-20)11-17-4-3-15(22-17)9-13(1)21-14;/h1-12,21,24H;. The maximum atomic E-state index is 4.63. The van der Waals surface area contributed by atoms with E-state index < -0.39 is 0 Å². The van der Waals surface area contributed by atoms with Gasteiger partial charge in [-0.1, -0.05) is 0 Å². The van der Waals surface area contributed by atoms with Crippen LogP contribution in [0.3, 0.4) is 0 Å². The van der Waals surface area contributed by atoms with E-state index in [-0.39, 0.29) is 23.9 Å². The number of aromatic amines is 2. The van der Waals surface area contributed by atoms with Crippen molar-refractivity contribution >= 4 is 70.3 Å².